The lowest BCUT2D eigenvalue weighted by atomic mass is 10.2. The summed E-state index contributed by atoms with van der Waals surface area (Å²) in [5.41, 5.74) is 1.30. The fraction of sp³-hybridized carbons (Fsp3) is 0.0909. The molecular formula is C11H8Cl2N4O. The second kappa shape index (κ2) is 5.29. The van der Waals surface area contributed by atoms with Crippen LogP contribution in [0.3, 0.4) is 0 Å². The van der Waals surface area contributed by atoms with Gasteiger partial charge in [-0.15, -0.1) is 0 Å². The van der Waals surface area contributed by atoms with Crippen LogP contribution in [0, 0.1) is 6.92 Å². The largest absolute Gasteiger partial charge is 0.305 e. The Bertz CT molecular complexity index is 603. The highest BCUT2D eigenvalue weighted by Crippen LogP contribution is 2.25. The third-order valence-electron chi connectivity index (χ3n) is 2.12. The van der Waals surface area contributed by atoms with Crippen molar-refractivity contribution in [1.82, 2.24) is 15.0 Å². The van der Waals surface area contributed by atoms with Gasteiger partial charge in [0.15, 0.2) is 11.0 Å². The average Bonchev–Trinajstić information content (AvgIpc) is 2.35. The van der Waals surface area contributed by atoms with Crippen molar-refractivity contribution in [3.63, 3.8) is 0 Å². The number of hydrogen-bond acceptors (Lipinski definition) is 4. The Hall–Kier alpha value is -1.72. The molecule has 1 N–H and O–H groups in total. The molecule has 5 nitrogen and oxygen atoms in total. The fourth-order valence-electron chi connectivity index (χ4n) is 1.29. The van der Waals surface area contributed by atoms with Crippen LogP contribution >= 0.6 is 23.2 Å². The maximum Gasteiger partial charge on any atom is 0.258 e. The molecular weight excluding hydrogens is 275 g/mol. The van der Waals surface area contributed by atoms with Crippen LogP contribution in [0.15, 0.2) is 24.8 Å². The van der Waals surface area contributed by atoms with Crippen molar-refractivity contribution in [3.05, 3.63) is 46.1 Å². The van der Waals surface area contributed by atoms with Crippen molar-refractivity contribution >= 4 is 34.9 Å². The van der Waals surface area contributed by atoms with E-state index in [0.29, 0.717) is 5.56 Å². The Kier molecular flexibility index (Phi) is 3.74. The van der Waals surface area contributed by atoms with Gasteiger partial charge in [-0.3, -0.25) is 9.78 Å². The highest BCUT2D eigenvalue weighted by molar-refractivity contribution is 6.43. The Balaban J connectivity index is 2.24. The van der Waals surface area contributed by atoms with Crippen molar-refractivity contribution in [1.29, 1.82) is 0 Å². The summed E-state index contributed by atoms with van der Waals surface area (Å²) in [6.07, 6.45) is 4.34. The third kappa shape index (κ3) is 2.75. The first-order chi connectivity index (χ1) is 8.58. The zero-order chi connectivity index (χ0) is 13.1. The van der Waals surface area contributed by atoms with Gasteiger partial charge in [0.25, 0.3) is 5.91 Å². The van der Waals surface area contributed by atoms with Crippen molar-refractivity contribution in [3.8, 4) is 0 Å². The van der Waals surface area contributed by atoms with E-state index in [1.54, 1.807) is 12.3 Å². The third-order valence-corrected chi connectivity index (χ3v) is 2.86. The molecule has 0 aliphatic carbocycles. The van der Waals surface area contributed by atoms with E-state index in [9.17, 15) is 4.79 Å². The smallest absolute Gasteiger partial charge is 0.258 e. The topological polar surface area (TPSA) is 67.8 Å². The zero-order valence-electron chi connectivity index (χ0n) is 9.32. The molecule has 18 heavy (non-hydrogen) atoms. The summed E-state index contributed by atoms with van der Waals surface area (Å²) in [7, 11) is 0. The molecule has 2 heterocycles. The number of anilines is 1. The number of aromatic nitrogens is 3. The van der Waals surface area contributed by atoms with Crippen LogP contribution in [-0.2, 0) is 0 Å². The minimum absolute atomic E-state index is 0.0873. The van der Waals surface area contributed by atoms with Crippen molar-refractivity contribution in [2.45, 2.75) is 6.92 Å². The summed E-state index contributed by atoms with van der Waals surface area (Å²) in [6, 6.07) is 1.71. The molecule has 2 aromatic rings. The molecule has 0 aromatic carbocycles. The number of rotatable bonds is 2. The van der Waals surface area contributed by atoms with Gasteiger partial charge in [0.05, 0.1) is 5.56 Å². The molecule has 0 atom stereocenters. The normalized spacial score (nSPS) is 10.2. The molecule has 0 bridgehead atoms. The molecule has 0 radical (unpaired) electrons. The Labute approximate surface area is 113 Å². The SMILES string of the molecule is Cc1cncc(C(=O)Nc2ncnc(Cl)c2Cl)c1. The molecule has 92 valence electrons. The summed E-state index contributed by atoms with van der Waals surface area (Å²) >= 11 is 11.6. The predicted molar refractivity (Wildman–Crippen MR) is 69.0 cm³/mol. The predicted octanol–water partition coefficient (Wildman–Crippen LogP) is 2.74. The molecule has 0 unspecified atom stereocenters. The lowest BCUT2D eigenvalue weighted by molar-refractivity contribution is 0.102. The van der Waals surface area contributed by atoms with Gasteiger partial charge in [-0.25, -0.2) is 9.97 Å². The molecule has 2 rings (SSSR count). The van der Waals surface area contributed by atoms with Gasteiger partial charge in [-0.05, 0) is 18.6 Å². The first-order valence-electron chi connectivity index (χ1n) is 4.97. The minimum atomic E-state index is -0.358. The van der Waals surface area contributed by atoms with Crippen LogP contribution in [0.5, 0.6) is 0 Å². The average molecular weight is 283 g/mol. The number of carbonyl (C=O) groups is 1. The molecule has 2 aromatic heterocycles. The second-order valence-corrected chi connectivity index (χ2v) is 4.27. The molecule has 0 saturated heterocycles. The van der Waals surface area contributed by atoms with Gasteiger partial charge >= 0.3 is 0 Å². The maximum atomic E-state index is 11.9. The number of amides is 1. The fourth-order valence-corrected chi connectivity index (χ4v) is 1.57. The molecule has 0 saturated carbocycles. The molecule has 0 aliphatic heterocycles. The maximum absolute atomic E-state index is 11.9. The van der Waals surface area contributed by atoms with Crippen LogP contribution in [0.25, 0.3) is 0 Å². The quantitative estimate of drug-likeness (QED) is 0.860. The second-order valence-electron chi connectivity index (χ2n) is 3.53. The highest BCUT2D eigenvalue weighted by Gasteiger charge is 2.12. The summed E-state index contributed by atoms with van der Waals surface area (Å²) < 4.78 is 0. The minimum Gasteiger partial charge on any atom is -0.305 e. The van der Waals surface area contributed by atoms with Crippen LogP contribution < -0.4 is 5.32 Å². The molecule has 0 aliphatic rings. The lowest BCUT2D eigenvalue weighted by Gasteiger charge is -2.06. The van der Waals surface area contributed by atoms with Crippen molar-refractivity contribution in [2.75, 3.05) is 5.32 Å². The van der Waals surface area contributed by atoms with E-state index < -0.39 is 0 Å². The van der Waals surface area contributed by atoms with E-state index in [4.69, 9.17) is 23.2 Å². The van der Waals surface area contributed by atoms with Gasteiger partial charge in [0.1, 0.15) is 11.3 Å². The van der Waals surface area contributed by atoms with Crippen LogP contribution in [-0.4, -0.2) is 20.9 Å². The van der Waals surface area contributed by atoms with Gasteiger partial charge in [-0.1, -0.05) is 23.2 Å². The Morgan fingerprint density at radius 2 is 2.06 bits per heavy atom. The van der Waals surface area contributed by atoms with E-state index in [1.807, 2.05) is 6.92 Å². The van der Waals surface area contributed by atoms with E-state index in [1.165, 1.54) is 12.5 Å². The van der Waals surface area contributed by atoms with Gasteiger partial charge in [0.2, 0.25) is 0 Å². The lowest BCUT2D eigenvalue weighted by Crippen LogP contribution is -2.14. The van der Waals surface area contributed by atoms with E-state index in [-0.39, 0.29) is 21.9 Å². The van der Waals surface area contributed by atoms with Crippen molar-refractivity contribution < 1.29 is 4.79 Å². The van der Waals surface area contributed by atoms with Crippen molar-refractivity contribution in [2.24, 2.45) is 0 Å². The number of pyridine rings is 1. The first kappa shape index (κ1) is 12.7. The molecule has 0 spiro atoms. The molecule has 0 fully saturated rings. The summed E-state index contributed by atoms with van der Waals surface area (Å²) in [4.78, 5) is 23.4. The van der Waals surface area contributed by atoms with Crippen LogP contribution in [0.4, 0.5) is 5.82 Å². The number of halogens is 2. The molecule has 1 amide bonds. The Morgan fingerprint density at radius 1 is 1.28 bits per heavy atom. The van der Waals surface area contributed by atoms with E-state index >= 15 is 0 Å². The van der Waals surface area contributed by atoms with Crippen LogP contribution in [0.2, 0.25) is 10.2 Å². The van der Waals surface area contributed by atoms with Gasteiger partial charge < -0.3 is 5.32 Å². The number of aryl methyl sites for hydroxylation is 1. The number of nitrogens with one attached hydrogen (secondary N) is 1. The molecule has 7 heteroatoms. The van der Waals surface area contributed by atoms with Crippen LogP contribution in [0.1, 0.15) is 15.9 Å². The number of carbonyl (C=O) groups excluding carboxylic acids is 1. The Morgan fingerprint density at radius 3 is 2.78 bits per heavy atom. The zero-order valence-corrected chi connectivity index (χ0v) is 10.8. The standard InChI is InChI=1S/C11H8Cl2N4O/c1-6-2-7(4-14-3-6)11(18)17-10-8(12)9(13)15-5-16-10/h2-5H,1H3,(H,15,16,17,18). The summed E-state index contributed by atoms with van der Waals surface area (Å²) in [5, 5.41) is 2.74. The summed E-state index contributed by atoms with van der Waals surface area (Å²) in [6.45, 7) is 1.85. The van der Waals surface area contributed by atoms with E-state index in [2.05, 4.69) is 20.3 Å². The van der Waals surface area contributed by atoms with Gasteiger partial charge in [0, 0.05) is 12.4 Å². The highest BCUT2D eigenvalue weighted by atomic mass is 35.5. The summed E-state index contributed by atoms with van der Waals surface area (Å²) in [5.74, 6) is -0.189. The van der Waals surface area contributed by atoms with Gasteiger partial charge in [-0.2, -0.15) is 0 Å². The number of nitrogens with zero attached hydrogens (tertiary/aromatic N) is 3. The monoisotopic (exact) mass is 282 g/mol. The first-order valence-corrected chi connectivity index (χ1v) is 5.72. The number of hydrogen-bond donors (Lipinski definition) is 1. The van der Waals surface area contributed by atoms with E-state index in [0.717, 1.165) is 5.56 Å².